The number of hydrogen-bond donors (Lipinski definition) is 1. The van der Waals surface area contributed by atoms with Gasteiger partial charge in [0, 0.05) is 17.7 Å². The van der Waals surface area contributed by atoms with Crippen molar-refractivity contribution in [2.75, 3.05) is 0 Å². The van der Waals surface area contributed by atoms with Gasteiger partial charge in [0.1, 0.15) is 11.5 Å². The lowest BCUT2D eigenvalue weighted by molar-refractivity contribution is -0.384. The van der Waals surface area contributed by atoms with Crippen LogP contribution in [0.1, 0.15) is 21.7 Å². The first-order chi connectivity index (χ1) is 12.9. The van der Waals surface area contributed by atoms with Gasteiger partial charge in [0.25, 0.3) is 11.6 Å². The number of rotatable bonds is 5. The van der Waals surface area contributed by atoms with Crippen molar-refractivity contribution in [3.8, 4) is 11.3 Å². The first-order valence-corrected chi connectivity index (χ1v) is 8.26. The first-order valence-electron chi connectivity index (χ1n) is 7.88. The third kappa shape index (κ3) is 4.39. The number of nitro groups is 1. The number of halogens is 1. The van der Waals surface area contributed by atoms with Gasteiger partial charge in [-0.05, 0) is 36.8 Å². The van der Waals surface area contributed by atoms with E-state index in [1.165, 1.54) is 18.3 Å². The van der Waals surface area contributed by atoms with Crippen molar-refractivity contribution in [3.05, 3.63) is 86.6 Å². The second-order valence-electron chi connectivity index (χ2n) is 5.69. The average Bonchev–Trinajstić information content (AvgIpc) is 3.10. The molecule has 0 atom stereocenters. The summed E-state index contributed by atoms with van der Waals surface area (Å²) in [6.45, 7) is 1.88. The number of aryl methyl sites for hydroxylation is 1. The Morgan fingerprint density at radius 2 is 2.04 bits per heavy atom. The highest BCUT2D eigenvalue weighted by Crippen LogP contribution is 2.25. The average molecular weight is 384 g/mol. The summed E-state index contributed by atoms with van der Waals surface area (Å²) < 4.78 is 5.58. The predicted octanol–water partition coefficient (Wildman–Crippen LogP) is 4.58. The maximum absolute atomic E-state index is 12.1. The topological polar surface area (TPSA) is 97.7 Å². The molecule has 1 aromatic heterocycles. The van der Waals surface area contributed by atoms with E-state index < -0.39 is 10.8 Å². The van der Waals surface area contributed by atoms with E-state index in [2.05, 4.69) is 10.5 Å². The normalized spacial score (nSPS) is 10.9. The number of hydrogen-bond acceptors (Lipinski definition) is 5. The second-order valence-corrected chi connectivity index (χ2v) is 6.10. The summed E-state index contributed by atoms with van der Waals surface area (Å²) in [7, 11) is 0. The van der Waals surface area contributed by atoms with E-state index in [1.54, 1.807) is 42.5 Å². The molecule has 136 valence electrons. The van der Waals surface area contributed by atoms with Gasteiger partial charge in [0.2, 0.25) is 0 Å². The van der Waals surface area contributed by atoms with Crippen molar-refractivity contribution in [3.63, 3.8) is 0 Å². The Kier molecular flexibility index (Phi) is 5.33. The van der Waals surface area contributed by atoms with Gasteiger partial charge in [-0.2, -0.15) is 5.10 Å². The van der Waals surface area contributed by atoms with Crippen LogP contribution in [0.2, 0.25) is 5.02 Å². The summed E-state index contributed by atoms with van der Waals surface area (Å²) in [5, 5.41) is 15.0. The molecule has 1 heterocycles. The summed E-state index contributed by atoms with van der Waals surface area (Å²) in [6.07, 6.45) is 1.33. The lowest BCUT2D eigenvalue weighted by Crippen LogP contribution is -2.18. The second kappa shape index (κ2) is 7.84. The smallest absolute Gasteiger partial charge is 0.272 e. The van der Waals surface area contributed by atoms with Crippen molar-refractivity contribution < 1.29 is 14.1 Å². The fraction of sp³-hybridized carbons (Fsp3) is 0.0526. The van der Waals surface area contributed by atoms with Crippen LogP contribution in [0.3, 0.4) is 0 Å². The van der Waals surface area contributed by atoms with Crippen LogP contribution < -0.4 is 5.43 Å². The lowest BCUT2D eigenvalue weighted by Gasteiger charge is -2.03. The van der Waals surface area contributed by atoms with Gasteiger partial charge in [0.05, 0.1) is 21.7 Å². The minimum absolute atomic E-state index is 0.0265. The van der Waals surface area contributed by atoms with E-state index in [4.69, 9.17) is 16.0 Å². The molecule has 0 spiro atoms. The Hall–Kier alpha value is -3.45. The largest absolute Gasteiger partial charge is 0.455 e. The van der Waals surface area contributed by atoms with Gasteiger partial charge in [0.15, 0.2) is 0 Å². The number of carbonyl (C=O) groups excluding carboxylic acids is 1. The lowest BCUT2D eigenvalue weighted by atomic mass is 10.1. The molecular formula is C19H14ClN3O4. The van der Waals surface area contributed by atoms with Crippen LogP contribution in [0.25, 0.3) is 11.3 Å². The van der Waals surface area contributed by atoms with Crippen molar-refractivity contribution >= 4 is 29.4 Å². The standard InChI is InChI=1S/C19H14ClN3O4/c1-12-5-7-16(17(20)9-12)19(24)22-21-11-15-6-8-18(27-15)13-3-2-4-14(10-13)23(25)26/h2-11H,1H3,(H,22,24)/b21-11-. The molecule has 3 rings (SSSR count). The van der Waals surface area contributed by atoms with E-state index in [1.807, 2.05) is 6.92 Å². The van der Waals surface area contributed by atoms with Gasteiger partial charge < -0.3 is 4.42 Å². The molecule has 0 aliphatic carbocycles. The zero-order valence-corrected chi connectivity index (χ0v) is 14.9. The zero-order valence-electron chi connectivity index (χ0n) is 14.2. The molecule has 1 N–H and O–H groups in total. The number of nitrogens with zero attached hydrogens (tertiary/aromatic N) is 2. The van der Waals surface area contributed by atoms with E-state index in [0.29, 0.717) is 27.7 Å². The van der Waals surface area contributed by atoms with Crippen LogP contribution in [-0.4, -0.2) is 17.0 Å². The van der Waals surface area contributed by atoms with Crippen LogP contribution in [0.15, 0.2) is 64.1 Å². The molecule has 1 amide bonds. The third-order valence-electron chi connectivity index (χ3n) is 3.70. The number of nitro benzene ring substituents is 1. The van der Waals surface area contributed by atoms with Crippen LogP contribution in [0.4, 0.5) is 5.69 Å². The highest BCUT2D eigenvalue weighted by Gasteiger charge is 2.11. The highest BCUT2D eigenvalue weighted by atomic mass is 35.5. The summed E-state index contributed by atoms with van der Waals surface area (Å²) >= 11 is 6.05. The van der Waals surface area contributed by atoms with Crippen LogP contribution >= 0.6 is 11.6 Å². The van der Waals surface area contributed by atoms with E-state index in [0.717, 1.165) is 5.56 Å². The molecule has 0 radical (unpaired) electrons. The van der Waals surface area contributed by atoms with Crippen LogP contribution in [-0.2, 0) is 0 Å². The fourth-order valence-electron chi connectivity index (χ4n) is 2.37. The Labute approximate surface area is 159 Å². The van der Waals surface area contributed by atoms with Crippen molar-refractivity contribution in [1.29, 1.82) is 0 Å². The maximum atomic E-state index is 12.1. The van der Waals surface area contributed by atoms with Crippen molar-refractivity contribution in [2.45, 2.75) is 6.92 Å². The van der Waals surface area contributed by atoms with Gasteiger partial charge in [-0.1, -0.05) is 29.8 Å². The van der Waals surface area contributed by atoms with Gasteiger partial charge in [-0.3, -0.25) is 14.9 Å². The molecule has 0 unspecified atom stereocenters. The number of carbonyl (C=O) groups is 1. The molecule has 0 saturated carbocycles. The summed E-state index contributed by atoms with van der Waals surface area (Å²) in [6, 6.07) is 14.5. The van der Waals surface area contributed by atoms with Crippen molar-refractivity contribution in [2.24, 2.45) is 5.10 Å². The fourth-order valence-corrected chi connectivity index (χ4v) is 2.69. The number of non-ortho nitro benzene ring substituents is 1. The number of benzene rings is 2. The van der Waals surface area contributed by atoms with Crippen LogP contribution in [0.5, 0.6) is 0 Å². The maximum Gasteiger partial charge on any atom is 0.272 e. The van der Waals surface area contributed by atoms with Crippen molar-refractivity contribution in [1.82, 2.24) is 5.43 Å². The SMILES string of the molecule is Cc1ccc(C(=O)N/N=C\c2ccc(-c3cccc([N+](=O)[O-])c3)o2)c(Cl)c1. The molecule has 0 bridgehead atoms. The monoisotopic (exact) mass is 383 g/mol. The molecule has 8 heteroatoms. The van der Waals surface area contributed by atoms with E-state index in [9.17, 15) is 14.9 Å². The highest BCUT2D eigenvalue weighted by molar-refractivity contribution is 6.33. The summed E-state index contributed by atoms with van der Waals surface area (Å²) in [5.41, 5.74) is 4.18. The minimum atomic E-state index is -0.472. The van der Waals surface area contributed by atoms with Gasteiger partial charge in [-0.15, -0.1) is 0 Å². The molecule has 0 saturated heterocycles. The molecule has 0 fully saturated rings. The molecule has 0 aliphatic heterocycles. The summed E-state index contributed by atoms with van der Waals surface area (Å²) in [4.78, 5) is 22.5. The molecule has 0 aliphatic rings. The molecular weight excluding hydrogens is 370 g/mol. The number of amides is 1. The summed E-state index contributed by atoms with van der Waals surface area (Å²) in [5.74, 6) is 0.390. The minimum Gasteiger partial charge on any atom is -0.455 e. The first kappa shape index (κ1) is 18.3. The number of hydrazone groups is 1. The third-order valence-corrected chi connectivity index (χ3v) is 4.01. The van der Waals surface area contributed by atoms with E-state index >= 15 is 0 Å². The predicted molar refractivity (Wildman–Crippen MR) is 102 cm³/mol. The Balaban J connectivity index is 1.69. The Morgan fingerprint density at radius 3 is 2.78 bits per heavy atom. The molecule has 3 aromatic rings. The number of nitrogens with one attached hydrogen (secondary N) is 1. The van der Waals surface area contributed by atoms with Crippen LogP contribution in [0, 0.1) is 17.0 Å². The van der Waals surface area contributed by atoms with E-state index in [-0.39, 0.29) is 5.69 Å². The van der Waals surface area contributed by atoms with Gasteiger partial charge >= 0.3 is 0 Å². The Bertz CT molecular complexity index is 1040. The number of furan rings is 1. The molecule has 2 aromatic carbocycles. The Morgan fingerprint density at radius 1 is 1.22 bits per heavy atom. The van der Waals surface area contributed by atoms with Gasteiger partial charge in [-0.25, -0.2) is 5.43 Å². The zero-order chi connectivity index (χ0) is 19.4. The molecule has 7 nitrogen and oxygen atoms in total. The molecule has 27 heavy (non-hydrogen) atoms. The quantitative estimate of drug-likeness (QED) is 0.396.